The van der Waals surface area contributed by atoms with Gasteiger partial charge in [-0.05, 0) is 48.9 Å². The molecule has 0 bridgehead atoms. The lowest BCUT2D eigenvalue weighted by Gasteiger charge is -2.06. The van der Waals surface area contributed by atoms with Crippen LogP contribution in [0.3, 0.4) is 0 Å². The number of nitrogens with zero attached hydrogens (tertiary/aromatic N) is 3. The Kier molecular flexibility index (Phi) is 6.75. The van der Waals surface area contributed by atoms with Gasteiger partial charge in [-0.15, -0.1) is 0 Å². The second kappa shape index (κ2) is 10.2. The fourth-order valence-electron chi connectivity index (χ4n) is 2.99. The molecule has 0 saturated heterocycles. The third-order valence-electron chi connectivity index (χ3n) is 4.74. The van der Waals surface area contributed by atoms with Gasteiger partial charge in [-0.2, -0.15) is 0 Å². The molecule has 2 aromatic heterocycles. The van der Waals surface area contributed by atoms with E-state index in [2.05, 4.69) is 15.1 Å². The van der Waals surface area contributed by atoms with E-state index in [1.165, 1.54) is 6.20 Å². The number of carboxylic acid groups (broad SMARTS) is 1. The number of aryl methyl sites for hydroxylation is 1. The molecule has 0 aliphatic carbocycles. The van der Waals surface area contributed by atoms with Crippen LogP contribution in [0.1, 0.15) is 22.6 Å². The van der Waals surface area contributed by atoms with Crippen LogP contribution in [0.15, 0.2) is 88.7 Å². The molecular formula is C25H21N3O5. The summed E-state index contributed by atoms with van der Waals surface area (Å²) in [6.45, 7) is 2.24. The van der Waals surface area contributed by atoms with Crippen LogP contribution in [-0.2, 0) is 22.8 Å². The first kappa shape index (κ1) is 21.8. The number of benzene rings is 2. The standard InChI is InChI=1S/C25H21N3O5/c1-17-22(27-24(33-17)19-6-3-2-4-7-19)16-31-21-11-9-18(10-12-21)15-32-28-23(25(29)30)20-8-5-13-26-14-20/h2-14H,15-16H2,1H3,(H,29,30)/b28-23-. The predicted molar refractivity (Wildman–Crippen MR) is 121 cm³/mol. The molecular weight excluding hydrogens is 422 g/mol. The lowest BCUT2D eigenvalue weighted by Crippen LogP contribution is -2.15. The molecule has 4 rings (SSSR count). The molecule has 2 aromatic carbocycles. The Morgan fingerprint density at radius 2 is 1.82 bits per heavy atom. The van der Waals surface area contributed by atoms with Gasteiger partial charge in [-0.3, -0.25) is 4.98 Å². The molecule has 0 aliphatic rings. The van der Waals surface area contributed by atoms with Crippen molar-refractivity contribution in [3.63, 3.8) is 0 Å². The van der Waals surface area contributed by atoms with Crippen LogP contribution in [0, 0.1) is 6.92 Å². The van der Waals surface area contributed by atoms with Crippen molar-refractivity contribution >= 4 is 11.7 Å². The lowest BCUT2D eigenvalue weighted by molar-refractivity contribution is -0.129. The Balaban J connectivity index is 1.33. The van der Waals surface area contributed by atoms with Crippen molar-refractivity contribution in [2.24, 2.45) is 5.16 Å². The van der Waals surface area contributed by atoms with Gasteiger partial charge >= 0.3 is 5.97 Å². The Bertz CT molecular complexity index is 1240. The van der Waals surface area contributed by atoms with Gasteiger partial charge in [-0.25, -0.2) is 9.78 Å². The summed E-state index contributed by atoms with van der Waals surface area (Å²) in [4.78, 5) is 25.1. The van der Waals surface area contributed by atoms with Gasteiger partial charge in [0, 0.05) is 23.5 Å². The maximum absolute atomic E-state index is 11.4. The summed E-state index contributed by atoms with van der Waals surface area (Å²) in [5.41, 5.74) is 2.61. The monoisotopic (exact) mass is 443 g/mol. The molecule has 33 heavy (non-hydrogen) atoms. The largest absolute Gasteiger partial charge is 0.487 e. The van der Waals surface area contributed by atoms with Gasteiger partial charge in [0.1, 0.15) is 30.4 Å². The molecule has 0 amide bonds. The Labute approximate surface area is 190 Å². The Morgan fingerprint density at radius 3 is 2.52 bits per heavy atom. The topological polar surface area (TPSA) is 107 Å². The number of carboxylic acids is 1. The summed E-state index contributed by atoms with van der Waals surface area (Å²) < 4.78 is 11.6. The van der Waals surface area contributed by atoms with Gasteiger partial charge in [0.25, 0.3) is 0 Å². The first-order valence-corrected chi connectivity index (χ1v) is 10.2. The summed E-state index contributed by atoms with van der Waals surface area (Å²) in [5.74, 6) is 0.740. The molecule has 0 saturated carbocycles. The maximum Gasteiger partial charge on any atom is 0.358 e. The third kappa shape index (κ3) is 5.62. The summed E-state index contributed by atoms with van der Waals surface area (Å²) in [6.07, 6.45) is 2.97. The van der Waals surface area contributed by atoms with E-state index >= 15 is 0 Å². The van der Waals surface area contributed by atoms with Crippen molar-refractivity contribution in [3.05, 3.63) is 102 Å². The Hall–Kier alpha value is -4.46. The first-order valence-electron chi connectivity index (χ1n) is 10.2. The highest BCUT2D eigenvalue weighted by atomic mass is 16.6. The van der Waals surface area contributed by atoms with Crippen molar-refractivity contribution in [2.75, 3.05) is 0 Å². The van der Waals surface area contributed by atoms with Crippen molar-refractivity contribution < 1.29 is 23.9 Å². The molecule has 2 heterocycles. The zero-order valence-corrected chi connectivity index (χ0v) is 17.8. The normalized spacial score (nSPS) is 11.2. The minimum Gasteiger partial charge on any atom is -0.487 e. The van der Waals surface area contributed by atoms with Crippen LogP contribution < -0.4 is 4.74 Å². The van der Waals surface area contributed by atoms with E-state index in [0.717, 1.165) is 16.8 Å². The molecule has 4 aromatic rings. The highest BCUT2D eigenvalue weighted by Gasteiger charge is 2.14. The van der Waals surface area contributed by atoms with Gasteiger partial charge in [0.2, 0.25) is 5.89 Å². The molecule has 166 valence electrons. The Morgan fingerprint density at radius 1 is 1.03 bits per heavy atom. The average Bonchev–Trinajstić information content (AvgIpc) is 3.22. The van der Waals surface area contributed by atoms with Gasteiger partial charge < -0.3 is 19.1 Å². The second-order valence-electron chi connectivity index (χ2n) is 7.08. The predicted octanol–water partition coefficient (Wildman–Crippen LogP) is 4.63. The summed E-state index contributed by atoms with van der Waals surface area (Å²) >= 11 is 0. The number of oxazole rings is 1. The van der Waals surface area contributed by atoms with Crippen LogP contribution in [-0.4, -0.2) is 26.8 Å². The molecule has 0 fully saturated rings. The van der Waals surface area contributed by atoms with Crippen LogP contribution in [0.25, 0.3) is 11.5 Å². The smallest absolute Gasteiger partial charge is 0.358 e. The second-order valence-corrected chi connectivity index (χ2v) is 7.08. The van der Waals surface area contributed by atoms with Crippen molar-refractivity contribution in [1.29, 1.82) is 0 Å². The molecule has 0 radical (unpaired) electrons. The van der Waals surface area contributed by atoms with E-state index in [-0.39, 0.29) is 18.9 Å². The van der Waals surface area contributed by atoms with Crippen LogP contribution in [0.2, 0.25) is 0 Å². The van der Waals surface area contributed by atoms with Gasteiger partial charge in [0.05, 0.1) is 0 Å². The summed E-state index contributed by atoms with van der Waals surface area (Å²) in [6, 6.07) is 20.2. The number of hydrogen-bond acceptors (Lipinski definition) is 7. The van der Waals surface area contributed by atoms with Crippen LogP contribution in [0.4, 0.5) is 0 Å². The fourth-order valence-corrected chi connectivity index (χ4v) is 2.99. The molecule has 0 atom stereocenters. The van der Waals surface area contributed by atoms with Crippen molar-refractivity contribution in [2.45, 2.75) is 20.1 Å². The number of pyridine rings is 1. The molecule has 1 N–H and O–H groups in total. The van der Waals surface area contributed by atoms with E-state index < -0.39 is 5.97 Å². The minimum atomic E-state index is -1.19. The first-order chi connectivity index (χ1) is 16.1. The molecule has 8 nitrogen and oxygen atoms in total. The van der Waals surface area contributed by atoms with E-state index in [4.69, 9.17) is 14.0 Å². The summed E-state index contributed by atoms with van der Waals surface area (Å²) in [5, 5.41) is 13.1. The quantitative estimate of drug-likeness (QED) is 0.297. The fraction of sp³-hybridized carbons (Fsp3) is 0.120. The van der Waals surface area contributed by atoms with Crippen LogP contribution >= 0.6 is 0 Å². The molecule has 0 spiro atoms. The van der Waals surface area contributed by atoms with E-state index in [9.17, 15) is 9.90 Å². The molecule has 0 aliphatic heterocycles. The molecule has 0 unspecified atom stereocenters. The number of hydrogen-bond donors (Lipinski definition) is 1. The maximum atomic E-state index is 11.4. The van der Waals surface area contributed by atoms with Gasteiger partial charge in [-0.1, -0.05) is 35.5 Å². The highest BCUT2D eigenvalue weighted by molar-refractivity contribution is 6.42. The highest BCUT2D eigenvalue weighted by Crippen LogP contribution is 2.23. The van der Waals surface area contributed by atoms with Crippen molar-refractivity contribution in [1.82, 2.24) is 9.97 Å². The SMILES string of the molecule is Cc1oc(-c2ccccc2)nc1COc1ccc(CO/N=C(\C(=O)O)c2cccnc2)cc1. The zero-order valence-electron chi connectivity index (χ0n) is 17.8. The zero-order chi connectivity index (χ0) is 23.0. The van der Waals surface area contributed by atoms with Crippen LogP contribution in [0.5, 0.6) is 5.75 Å². The average molecular weight is 443 g/mol. The number of aromatic nitrogens is 2. The summed E-state index contributed by atoms with van der Waals surface area (Å²) in [7, 11) is 0. The van der Waals surface area contributed by atoms with E-state index in [1.54, 1.807) is 30.5 Å². The lowest BCUT2D eigenvalue weighted by atomic mass is 10.2. The number of aliphatic carboxylic acids is 1. The number of ether oxygens (including phenoxy) is 1. The minimum absolute atomic E-state index is 0.111. The third-order valence-corrected chi connectivity index (χ3v) is 4.74. The van der Waals surface area contributed by atoms with E-state index in [0.29, 0.717) is 23.0 Å². The number of carbonyl (C=O) groups is 1. The molecule has 8 heteroatoms. The van der Waals surface area contributed by atoms with E-state index in [1.807, 2.05) is 49.4 Å². The number of oxime groups is 1. The number of rotatable bonds is 9. The van der Waals surface area contributed by atoms with Crippen molar-refractivity contribution in [3.8, 4) is 17.2 Å². The van der Waals surface area contributed by atoms with Gasteiger partial charge in [0.15, 0.2) is 5.71 Å².